The van der Waals surface area contributed by atoms with Crippen LogP contribution in [0.25, 0.3) is 0 Å². The van der Waals surface area contributed by atoms with Crippen molar-refractivity contribution >= 4 is 27.2 Å². The summed E-state index contributed by atoms with van der Waals surface area (Å²) >= 11 is 0. The Morgan fingerprint density at radius 3 is 2.26 bits per heavy atom. The molecule has 3 rings (SSSR count). The van der Waals surface area contributed by atoms with E-state index in [2.05, 4.69) is 25.7 Å². The van der Waals surface area contributed by atoms with Crippen LogP contribution in [0.5, 0.6) is 0 Å². The number of hydrazone groups is 1. The molecule has 0 saturated heterocycles. The number of nitrogens with two attached hydrogens (primary N) is 1. The summed E-state index contributed by atoms with van der Waals surface area (Å²) in [5, 5.41) is 17.6. The van der Waals surface area contributed by atoms with Crippen molar-refractivity contribution in [2.45, 2.75) is 4.90 Å². The molecule has 0 aliphatic heterocycles. The molecular formula is C18H16N6O2S. The Balaban J connectivity index is 1.86. The van der Waals surface area contributed by atoms with E-state index in [9.17, 15) is 8.42 Å². The quantitative estimate of drug-likeness (QED) is 0.305. The summed E-state index contributed by atoms with van der Waals surface area (Å²) in [7, 11) is -3.75. The van der Waals surface area contributed by atoms with Crippen molar-refractivity contribution in [2.75, 3.05) is 5.43 Å². The molecule has 0 radical (unpaired) electrons. The van der Waals surface area contributed by atoms with Gasteiger partial charge < -0.3 is 0 Å². The monoisotopic (exact) mass is 380 g/mol. The van der Waals surface area contributed by atoms with Gasteiger partial charge in [0.05, 0.1) is 16.3 Å². The lowest BCUT2D eigenvalue weighted by molar-refractivity contribution is 0.598. The van der Waals surface area contributed by atoms with Crippen molar-refractivity contribution in [3.63, 3.8) is 0 Å². The number of nitrogens with zero attached hydrogens (tertiary/aromatic N) is 4. The maximum atomic E-state index is 11.3. The van der Waals surface area contributed by atoms with E-state index >= 15 is 0 Å². The lowest BCUT2D eigenvalue weighted by Gasteiger charge is -2.02. The van der Waals surface area contributed by atoms with Crippen LogP contribution in [0, 0.1) is 0 Å². The Kier molecular flexibility index (Phi) is 5.64. The van der Waals surface area contributed by atoms with Gasteiger partial charge in [-0.1, -0.05) is 24.3 Å². The molecule has 0 fully saturated rings. The molecule has 3 aromatic rings. The fourth-order valence-electron chi connectivity index (χ4n) is 2.06. The van der Waals surface area contributed by atoms with Crippen molar-refractivity contribution in [3.05, 3.63) is 84.7 Å². The number of amidine groups is 1. The number of sulfonamides is 1. The molecule has 0 spiro atoms. The number of nitrogens with one attached hydrogen (secondary N) is 1. The number of primary sulfonamides is 1. The minimum atomic E-state index is -3.75. The van der Waals surface area contributed by atoms with Crippen LogP contribution in [0.4, 0.5) is 11.4 Å². The molecule has 3 N–H and O–H groups in total. The van der Waals surface area contributed by atoms with Gasteiger partial charge in [-0.3, -0.25) is 10.4 Å². The first-order valence-corrected chi connectivity index (χ1v) is 9.42. The average Bonchev–Trinajstić information content (AvgIpc) is 2.69. The summed E-state index contributed by atoms with van der Waals surface area (Å²) in [5.74, 6) is 0.273. The van der Waals surface area contributed by atoms with Gasteiger partial charge in [0.15, 0.2) is 0 Å². The third kappa shape index (κ3) is 5.27. The highest BCUT2D eigenvalue weighted by molar-refractivity contribution is 7.89. The third-order valence-corrected chi connectivity index (χ3v) is 4.31. The zero-order chi connectivity index (χ0) is 19.1. The first kappa shape index (κ1) is 18.4. The summed E-state index contributed by atoms with van der Waals surface area (Å²) in [6.07, 6.45) is 1.63. The predicted molar refractivity (Wildman–Crippen MR) is 103 cm³/mol. The Hall–Kier alpha value is -3.43. The van der Waals surface area contributed by atoms with Crippen LogP contribution in [0.2, 0.25) is 0 Å². The molecule has 1 heterocycles. The van der Waals surface area contributed by atoms with Crippen LogP contribution in [0.3, 0.4) is 0 Å². The van der Waals surface area contributed by atoms with Gasteiger partial charge in [0.25, 0.3) is 0 Å². The normalized spacial score (nSPS) is 12.3. The minimum absolute atomic E-state index is 0.00538. The molecule has 0 aliphatic rings. The summed E-state index contributed by atoms with van der Waals surface area (Å²) in [6.45, 7) is 0. The molecule has 0 unspecified atom stereocenters. The summed E-state index contributed by atoms with van der Waals surface area (Å²) < 4.78 is 22.6. The van der Waals surface area contributed by atoms with Crippen molar-refractivity contribution < 1.29 is 8.42 Å². The highest BCUT2D eigenvalue weighted by atomic mass is 32.2. The summed E-state index contributed by atoms with van der Waals surface area (Å²) in [5.41, 5.74) is 4.68. The van der Waals surface area contributed by atoms with Crippen LogP contribution in [-0.2, 0) is 10.0 Å². The molecule has 0 amide bonds. The molecule has 9 heteroatoms. The lowest BCUT2D eigenvalue weighted by atomic mass is 10.3. The van der Waals surface area contributed by atoms with Gasteiger partial charge in [-0.05, 0) is 48.5 Å². The maximum Gasteiger partial charge on any atom is 0.238 e. The Bertz CT molecular complexity index is 1050. The lowest BCUT2D eigenvalue weighted by Crippen LogP contribution is -2.11. The summed E-state index contributed by atoms with van der Waals surface area (Å²) in [6, 6.07) is 20.5. The van der Waals surface area contributed by atoms with Gasteiger partial charge in [-0.15, -0.1) is 10.2 Å². The number of aromatic nitrogens is 1. The van der Waals surface area contributed by atoms with E-state index in [0.29, 0.717) is 11.4 Å². The molecule has 27 heavy (non-hydrogen) atoms. The Morgan fingerprint density at radius 1 is 0.926 bits per heavy atom. The van der Waals surface area contributed by atoms with Crippen molar-refractivity contribution in [1.82, 2.24) is 4.98 Å². The maximum absolute atomic E-state index is 11.3. The highest BCUT2D eigenvalue weighted by Crippen LogP contribution is 2.16. The molecule has 1 aromatic heterocycles. The van der Waals surface area contributed by atoms with Crippen LogP contribution < -0.4 is 10.6 Å². The van der Waals surface area contributed by atoms with Gasteiger partial charge in [0.2, 0.25) is 15.9 Å². The van der Waals surface area contributed by atoms with Crippen LogP contribution >= 0.6 is 0 Å². The molecule has 0 aliphatic carbocycles. The molecule has 136 valence electrons. The van der Waals surface area contributed by atoms with E-state index in [-0.39, 0.29) is 10.7 Å². The number of hydrogen-bond acceptors (Lipinski definition) is 6. The van der Waals surface area contributed by atoms with E-state index in [1.165, 1.54) is 24.3 Å². The second kappa shape index (κ2) is 8.30. The predicted octanol–water partition coefficient (Wildman–Crippen LogP) is 3.29. The molecule has 0 atom stereocenters. The Labute approximate surface area is 156 Å². The molecule has 0 bridgehead atoms. The standard InChI is InChI=1S/C18H16N6O2S/c19-27(25,26)16-11-9-15(10-12-16)22-24-18(17-8-4-5-13-20-17)23-21-14-6-2-1-3-7-14/h1-13,21H,(H2,19,25,26)/b23-18-,24-22?. The number of benzene rings is 2. The topological polar surface area (TPSA) is 122 Å². The van der Waals surface area contributed by atoms with Crippen molar-refractivity contribution in [3.8, 4) is 0 Å². The second-order valence-corrected chi connectivity index (χ2v) is 6.93. The molecule has 2 aromatic carbocycles. The van der Waals surface area contributed by atoms with E-state index in [0.717, 1.165) is 5.69 Å². The van der Waals surface area contributed by atoms with E-state index in [1.807, 2.05) is 36.4 Å². The number of rotatable bonds is 5. The first-order valence-electron chi connectivity index (χ1n) is 7.87. The Morgan fingerprint density at radius 2 is 1.63 bits per heavy atom. The van der Waals surface area contributed by atoms with Gasteiger partial charge >= 0.3 is 0 Å². The first-order chi connectivity index (χ1) is 13.0. The fraction of sp³-hybridized carbons (Fsp3) is 0. The van der Waals surface area contributed by atoms with E-state index in [1.54, 1.807) is 18.3 Å². The zero-order valence-electron chi connectivity index (χ0n) is 14.1. The molecular weight excluding hydrogens is 364 g/mol. The van der Waals surface area contributed by atoms with Crippen LogP contribution in [0.1, 0.15) is 5.69 Å². The number of para-hydroxylation sites is 1. The smallest absolute Gasteiger partial charge is 0.238 e. The number of hydrogen-bond donors (Lipinski definition) is 2. The second-order valence-electron chi connectivity index (χ2n) is 5.37. The van der Waals surface area contributed by atoms with Gasteiger partial charge in [0, 0.05) is 6.20 Å². The summed E-state index contributed by atoms with van der Waals surface area (Å²) in [4.78, 5) is 4.24. The van der Waals surface area contributed by atoms with Crippen LogP contribution in [-0.4, -0.2) is 19.2 Å². The number of pyridine rings is 1. The molecule has 0 saturated carbocycles. The average molecular weight is 380 g/mol. The van der Waals surface area contributed by atoms with Crippen LogP contribution in [0.15, 0.2) is 99.2 Å². The number of azo groups is 1. The van der Waals surface area contributed by atoms with Gasteiger partial charge in [-0.25, -0.2) is 13.6 Å². The van der Waals surface area contributed by atoms with E-state index < -0.39 is 10.0 Å². The minimum Gasteiger partial charge on any atom is -0.276 e. The SMILES string of the molecule is NS(=O)(=O)c1ccc(N=N/C(=N\Nc2ccccc2)c2ccccn2)cc1. The largest absolute Gasteiger partial charge is 0.276 e. The van der Waals surface area contributed by atoms with Gasteiger partial charge in [0.1, 0.15) is 5.69 Å². The zero-order valence-corrected chi connectivity index (χ0v) is 14.9. The van der Waals surface area contributed by atoms with E-state index in [4.69, 9.17) is 5.14 Å². The molecule has 8 nitrogen and oxygen atoms in total. The van der Waals surface area contributed by atoms with Crippen molar-refractivity contribution in [2.24, 2.45) is 20.5 Å². The fourth-order valence-corrected chi connectivity index (χ4v) is 2.58. The van der Waals surface area contributed by atoms with Crippen molar-refractivity contribution in [1.29, 1.82) is 0 Å². The van der Waals surface area contributed by atoms with Gasteiger partial charge in [-0.2, -0.15) is 5.10 Å². The number of anilines is 1. The highest BCUT2D eigenvalue weighted by Gasteiger charge is 2.07. The third-order valence-electron chi connectivity index (χ3n) is 3.38.